The predicted octanol–water partition coefficient (Wildman–Crippen LogP) is 1.61. The predicted molar refractivity (Wildman–Crippen MR) is 93.1 cm³/mol. The molecular formula is C17H18N6O2. The number of carbonyl (C=O) groups is 1. The van der Waals surface area contributed by atoms with Gasteiger partial charge in [-0.2, -0.15) is 5.10 Å². The van der Waals surface area contributed by atoms with Gasteiger partial charge in [0.2, 0.25) is 0 Å². The number of benzene rings is 1. The smallest absolute Gasteiger partial charge is 0.276 e. The van der Waals surface area contributed by atoms with Gasteiger partial charge in [0.1, 0.15) is 5.82 Å². The summed E-state index contributed by atoms with van der Waals surface area (Å²) in [6, 6.07) is 12.3. The first-order valence-corrected chi connectivity index (χ1v) is 7.72. The van der Waals surface area contributed by atoms with E-state index in [-0.39, 0.29) is 18.1 Å². The molecule has 0 saturated carbocycles. The average Bonchev–Trinajstić information content (AvgIpc) is 3.07. The molecule has 0 radical (unpaired) electrons. The Labute approximate surface area is 144 Å². The van der Waals surface area contributed by atoms with Gasteiger partial charge in [0.25, 0.3) is 5.91 Å². The molecular weight excluding hydrogens is 320 g/mol. The second kappa shape index (κ2) is 7.54. The zero-order chi connectivity index (χ0) is 17.6. The van der Waals surface area contributed by atoms with E-state index in [4.69, 9.17) is 0 Å². The second-order valence-electron chi connectivity index (χ2n) is 5.47. The van der Waals surface area contributed by atoms with Crippen LogP contribution < -0.4 is 10.6 Å². The monoisotopic (exact) mass is 338 g/mol. The van der Waals surface area contributed by atoms with E-state index in [9.17, 15) is 9.90 Å². The fourth-order valence-corrected chi connectivity index (χ4v) is 2.20. The Balaban J connectivity index is 1.55. The van der Waals surface area contributed by atoms with Crippen molar-refractivity contribution in [3.05, 3.63) is 66.1 Å². The summed E-state index contributed by atoms with van der Waals surface area (Å²) in [6.45, 7) is 0.260. The quantitative estimate of drug-likeness (QED) is 0.631. The molecule has 2 aromatic heterocycles. The Morgan fingerprint density at radius 2 is 2.00 bits per heavy atom. The molecule has 0 aliphatic heterocycles. The Bertz CT molecular complexity index is 832. The molecule has 0 fully saturated rings. The number of hydrogen-bond donors (Lipinski definition) is 3. The van der Waals surface area contributed by atoms with Gasteiger partial charge in [-0.1, -0.05) is 18.2 Å². The van der Waals surface area contributed by atoms with Crippen molar-refractivity contribution >= 4 is 17.4 Å². The van der Waals surface area contributed by atoms with E-state index in [1.54, 1.807) is 48.4 Å². The molecule has 128 valence electrons. The number of nitrogens with one attached hydrogen (secondary N) is 2. The van der Waals surface area contributed by atoms with Gasteiger partial charge in [-0.25, -0.2) is 0 Å². The van der Waals surface area contributed by atoms with E-state index in [0.29, 0.717) is 17.1 Å². The maximum atomic E-state index is 12.1. The van der Waals surface area contributed by atoms with Gasteiger partial charge in [-0.15, -0.1) is 10.2 Å². The van der Waals surface area contributed by atoms with E-state index >= 15 is 0 Å². The van der Waals surface area contributed by atoms with Crippen molar-refractivity contribution in [3.63, 3.8) is 0 Å². The minimum absolute atomic E-state index is 0.210. The third-order valence-electron chi connectivity index (χ3n) is 3.51. The van der Waals surface area contributed by atoms with Crippen molar-refractivity contribution in [2.45, 2.75) is 6.10 Å². The number of para-hydroxylation sites is 1. The minimum Gasteiger partial charge on any atom is -0.386 e. The van der Waals surface area contributed by atoms with E-state index < -0.39 is 6.10 Å². The van der Waals surface area contributed by atoms with E-state index in [2.05, 4.69) is 25.9 Å². The molecule has 25 heavy (non-hydrogen) atoms. The summed E-state index contributed by atoms with van der Waals surface area (Å²) in [5.41, 5.74) is 1.61. The molecule has 2 heterocycles. The summed E-state index contributed by atoms with van der Waals surface area (Å²) in [5, 5.41) is 27.7. The fourth-order valence-electron chi connectivity index (χ4n) is 2.20. The van der Waals surface area contributed by atoms with Crippen LogP contribution in [-0.4, -0.2) is 37.5 Å². The first-order valence-electron chi connectivity index (χ1n) is 7.72. The molecule has 0 aliphatic rings. The van der Waals surface area contributed by atoms with E-state index in [0.717, 1.165) is 0 Å². The van der Waals surface area contributed by atoms with Crippen LogP contribution in [0.5, 0.6) is 0 Å². The van der Waals surface area contributed by atoms with Crippen LogP contribution in [0.15, 0.2) is 54.9 Å². The number of anilines is 2. The van der Waals surface area contributed by atoms with Gasteiger partial charge < -0.3 is 15.7 Å². The number of carbonyl (C=O) groups excluding carboxylic acids is 1. The Kier molecular flexibility index (Phi) is 5.00. The summed E-state index contributed by atoms with van der Waals surface area (Å²) in [7, 11) is 1.79. The number of aryl methyl sites for hydroxylation is 1. The molecule has 0 bridgehead atoms. The average molecular weight is 338 g/mol. The van der Waals surface area contributed by atoms with Gasteiger partial charge in [0.05, 0.1) is 12.3 Å². The van der Waals surface area contributed by atoms with Crippen LogP contribution in [0, 0.1) is 0 Å². The first-order chi connectivity index (χ1) is 12.1. The third-order valence-corrected chi connectivity index (χ3v) is 3.51. The zero-order valence-electron chi connectivity index (χ0n) is 13.6. The summed E-state index contributed by atoms with van der Waals surface area (Å²) in [6.07, 6.45) is 2.64. The van der Waals surface area contributed by atoms with Gasteiger partial charge >= 0.3 is 0 Å². The number of amides is 1. The maximum absolute atomic E-state index is 12.1. The van der Waals surface area contributed by atoms with Gasteiger partial charge in [0.15, 0.2) is 5.69 Å². The van der Waals surface area contributed by atoms with Gasteiger partial charge in [0, 0.05) is 31.0 Å². The molecule has 1 amide bonds. The van der Waals surface area contributed by atoms with Crippen molar-refractivity contribution in [1.82, 2.24) is 20.0 Å². The molecule has 0 spiro atoms. The molecule has 0 saturated heterocycles. The molecule has 8 heteroatoms. The molecule has 3 aromatic rings. The molecule has 1 atom stereocenters. The Hall–Kier alpha value is -3.26. The van der Waals surface area contributed by atoms with Crippen molar-refractivity contribution in [2.75, 3.05) is 17.2 Å². The number of aliphatic hydroxyl groups is 1. The van der Waals surface area contributed by atoms with Crippen LogP contribution in [0.25, 0.3) is 0 Å². The summed E-state index contributed by atoms with van der Waals surface area (Å²) >= 11 is 0. The number of hydrogen-bond acceptors (Lipinski definition) is 6. The highest BCUT2D eigenvalue weighted by molar-refractivity contribution is 6.02. The topological polar surface area (TPSA) is 105 Å². The lowest BCUT2D eigenvalue weighted by Crippen LogP contribution is -2.16. The van der Waals surface area contributed by atoms with Crippen LogP contribution in [-0.2, 0) is 7.05 Å². The summed E-state index contributed by atoms with van der Waals surface area (Å²) < 4.78 is 1.62. The zero-order valence-corrected chi connectivity index (χ0v) is 13.6. The largest absolute Gasteiger partial charge is 0.386 e. The van der Waals surface area contributed by atoms with Crippen LogP contribution in [0.4, 0.5) is 11.5 Å². The molecule has 1 unspecified atom stereocenters. The second-order valence-corrected chi connectivity index (χ2v) is 5.47. The lowest BCUT2D eigenvalue weighted by Gasteiger charge is -2.10. The highest BCUT2D eigenvalue weighted by Gasteiger charge is 2.11. The van der Waals surface area contributed by atoms with Crippen LogP contribution in [0.2, 0.25) is 0 Å². The van der Waals surface area contributed by atoms with E-state index in [1.807, 2.05) is 18.2 Å². The molecule has 1 aromatic carbocycles. The first kappa shape index (κ1) is 16.6. The number of nitrogens with zero attached hydrogens (tertiary/aromatic N) is 4. The van der Waals surface area contributed by atoms with E-state index in [1.165, 1.54) is 0 Å². The molecule has 3 rings (SSSR count). The van der Waals surface area contributed by atoms with Crippen LogP contribution >= 0.6 is 0 Å². The summed E-state index contributed by atoms with van der Waals surface area (Å²) in [5.74, 6) is 0.139. The standard InChI is InChI=1S/C17H18N6O2/c1-23-11-12(9-19-23)15(24)10-18-16-8-7-14(21-22-16)17(25)20-13-5-3-2-4-6-13/h2-9,11,15,24H,10H2,1H3,(H,18,22)(H,20,25). The maximum Gasteiger partial charge on any atom is 0.276 e. The number of aliphatic hydroxyl groups excluding tert-OH is 1. The van der Waals surface area contributed by atoms with Crippen molar-refractivity contribution < 1.29 is 9.90 Å². The normalized spacial score (nSPS) is 11.8. The number of rotatable bonds is 6. The van der Waals surface area contributed by atoms with Gasteiger partial charge in [-0.3, -0.25) is 9.48 Å². The molecule has 0 aliphatic carbocycles. The van der Waals surface area contributed by atoms with Crippen molar-refractivity contribution in [2.24, 2.45) is 7.05 Å². The summed E-state index contributed by atoms with van der Waals surface area (Å²) in [4.78, 5) is 12.1. The fraction of sp³-hybridized carbons (Fsp3) is 0.176. The van der Waals surface area contributed by atoms with Crippen molar-refractivity contribution in [1.29, 1.82) is 0 Å². The Morgan fingerprint density at radius 1 is 1.20 bits per heavy atom. The minimum atomic E-state index is -0.712. The lowest BCUT2D eigenvalue weighted by molar-refractivity contribution is 0.102. The van der Waals surface area contributed by atoms with Crippen LogP contribution in [0.3, 0.4) is 0 Å². The highest BCUT2D eigenvalue weighted by Crippen LogP contribution is 2.13. The Morgan fingerprint density at radius 3 is 2.64 bits per heavy atom. The highest BCUT2D eigenvalue weighted by atomic mass is 16.3. The molecule has 8 nitrogen and oxygen atoms in total. The molecule has 3 N–H and O–H groups in total. The third kappa shape index (κ3) is 4.39. The lowest BCUT2D eigenvalue weighted by atomic mass is 10.2. The van der Waals surface area contributed by atoms with Gasteiger partial charge in [-0.05, 0) is 24.3 Å². The van der Waals surface area contributed by atoms with Crippen LogP contribution in [0.1, 0.15) is 22.2 Å². The number of aromatic nitrogens is 4. The SMILES string of the molecule is Cn1cc(C(O)CNc2ccc(C(=O)Nc3ccccc3)nn2)cn1. The van der Waals surface area contributed by atoms with Crippen molar-refractivity contribution in [3.8, 4) is 0 Å².